The highest BCUT2D eigenvalue weighted by Crippen LogP contribution is 2.48. The molecule has 0 saturated heterocycles. The van der Waals surface area contributed by atoms with Gasteiger partial charge in [0.2, 0.25) is 0 Å². The van der Waals surface area contributed by atoms with Crippen LogP contribution in [0.25, 0.3) is 153 Å². The lowest BCUT2D eigenvalue weighted by molar-refractivity contribution is 1.63. The number of hydrogen-bond acceptors (Lipinski definition) is 0. The van der Waals surface area contributed by atoms with Crippen molar-refractivity contribution in [1.29, 1.82) is 0 Å². The largest absolute Gasteiger partial charge is 0.0616 e. The summed E-state index contributed by atoms with van der Waals surface area (Å²) in [4.78, 5) is 0. The highest BCUT2D eigenvalue weighted by atomic mass is 14.2. The average molecular weight is 935 g/mol. The van der Waals surface area contributed by atoms with Gasteiger partial charge >= 0.3 is 0 Å². The lowest BCUT2D eigenvalue weighted by atomic mass is 9.84. The predicted molar refractivity (Wildman–Crippen MR) is 319 cm³/mol. The number of benzene rings is 15. The van der Waals surface area contributed by atoms with Crippen molar-refractivity contribution in [2.75, 3.05) is 0 Å². The van der Waals surface area contributed by atoms with Crippen LogP contribution in [0.4, 0.5) is 0 Å². The van der Waals surface area contributed by atoms with Gasteiger partial charge < -0.3 is 0 Å². The van der Waals surface area contributed by atoms with Gasteiger partial charge in [-0.2, -0.15) is 0 Å². The minimum Gasteiger partial charge on any atom is -0.0616 e. The minimum absolute atomic E-state index is 1.20. The van der Waals surface area contributed by atoms with Crippen LogP contribution in [-0.4, -0.2) is 0 Å². The van der Waals surface area contributed by atoms with Crippen LogP contribution < -0.4 is 0 Å². The molecule has 0 amide bonds. The van der Waals surface area contributed by atoms with Crippen molar-refractivity contribution in [1.82, 2.24) is 0 Å². The monoisotopic (exact) mass is 934 g/mol. The van der Waals surface area contributed by atoms with E-state index < -0.39 is 0 Å². The molecule has 0 heterocycles. The molecule has 0 aliphatic heterocycles. The Bertz CT molecular complexity index is 4650. The van der Waals surface area contributed by atoms with E-state index in [0.29, 0.717) is 0 Å². The topological polar surface area (TPSA) is 0 Å². The summed E-state index contributed by atoms with van der Waals surface area (Å²) in [6.07, 6.45) is 0. The van der Waals surface area contributed by atoms with Gasteiger partial charge in [-0.25, -0.2) is 0 Å². The van der Waals surface area contributed by atoms with E-state index in [2.05, 4.69) is 279 Å². The van der Waals surface area contributed by atoms with Crippen molar-refractivity contribution < 1.29 is 0 Å². The van der Waals surface area contributed by atoms with Crippen molar-refractivity contribution in [3.63, 3.8) is 0 Å². The van der Waals surface area contributed by atoms with E-state index in [1.54, 1.807) is 0 Å². The third kappa shape index (κ3) is 6.77. The van der Waals surface area contributed by atoms with Gasteiger partial charge in [-0.15, -0.1) is 0 Å². The van der Waals surface area contributed by atoms with E-state index >= 15 is 0 Å². The molecule has 0 radical (unpaired) electrons. The molecule has 0 atom stereocenters. The summed E-state index contributed by atoms with van der Waals surface area (Å²) in [6, 6.07) is 104. The van der Waals surface area contributed by atoms with Gasteiger partial charge in [0.1, 0.15) is 0 Å². The van der Waals surface area contributed by atoms with Crippen molar-refractivity contribution in [2.24, 2.45) is 0 Å². The van der Waals surface area contributed by atoms with E-state index in [0.717, 1.165) is 0 Å². The van der Waals surface area contributed by atoms with Crippen LogP contribution in [0, 0.1) is 0 Å². The second-order valence-corrected chi connectivity index (χ2v) is 19.9. The van der Waals surface area contributed by atoms with Gasteiger partial charge in [-0.05, 0) is 177 Å². The van der Waals surface area contributed by atoms with E-state index in [9.17, 15) is 0 Å². The molecule has 15 rings (SSSR count). The van der Waals surface area contributed by atoms with Gasteiger partial charge in [0.05, 0.1) is 0 Å². The fourth-order valence-electron chi connectivity index (χ4n) is 12.4. The Morgan fingerprint density at radius 2 is 0.419 bits per heavy atom. The number of rotatable bonds is 6. The van der Waals surface area contributed by atoms with Crippen molar-refractivity contribution >= 4 is 86.2 Å². The zero-order valence-electron chi connectivity index (χ0n) is 40.6. The third-order valence-corrected chi connectivity index (χ3v) is 15.8. The van der Waals surface area contributed by atoms with Gasteiger partial charge in [-0.1, -0.05) is 255 Å². The molecule has 0 spiro atoms. The van der Waals surface area contributed by atoms with Crippen LogP contribution in [0.1, 0.15) is 0 Å². The Hall–Kier alpha value is -9.62. The standard InChI is InChI=1S/C74H46/c1-3-17-51-43-53(37-33-47(51)15-1)49-31-35-50(36-32-49)71-63-21-5-9-25-67(63)73(68-26-10-6-22-64(68)71)61-29-13-19-56-44-54(39-41-59(56)61)55-40-42-60-57(45-55)20-14-30-62(60)74-69-27-11-7-23-65(69)72(66-24-8-12-28-70(66)74)58-38-34-48-16-2-4-18-52(48)46-58/h1-46H. The van der Waals surface area contributed by atoms with E-state index in [4.69, 9.17) is 0 Å². The molecule has 0 N–H and O–H groups in total. The van der Waals surface area contributed by atoms with E-state index in [1.165, 1.54) is 153 Å². The average Bonchev–Trinajstić information content (AvgIpc) is 3.50. The second-order valence-electron chi connectivity index (χ2n) is 19.9. The molecule has 0 nitrogen and oxygen atoms in total. The maximum atomic E-state index is 2.38. The molecular formula is C74H46. The first-order chi connectivity index (χ1) is 36.7. The van der Waals surface area contributed by atoms with Crippen LogP contribution >= 0.6 is 0 Å². The third-order valence-electron chi connectivity index (χ3n) is 15.8. The minimum atomic E-state index is 1.20. The molecule has 0 aliphatic rings. The molecule has 0 heteroatoms. The fraction of sp³-hybridized carbons (Fsp3) is 0. The summed E-state index contributed by atoms with van der Waals surface area (Å²) in [5.74, 6) is 0. The molecular weight excluding hydrogens is 889 g/mol. The maximum Gasteiger partial charge on any atom is -0.00201 e. The molecule has 0 fully saturated rings. The molecule has 74 heavy (non-hydrogen) atoms. The molecule has 15 aromatic carbocycles. The predicted octanol–water partition coefficient (Wildman–Crippen LogP) is 20.9. The zero-order valence-corrected chi connectivity index (χ0v) is 40.6. The normalized spacial score (nSPS) is 11.8. The molecule has 0 saturated carbocycles. The number of hydrogen-bond donors (Lipinski definition) is 0. The summed E-state index contributed by atoms with van der Waals surface area (Å²) >= 11 is 0. The molecule has 15 aromatic rings. The van der Waals surface area contributed by atoms with E-state index in [-0.39, 0.29) is 0 Å². The molecule has 0 bridgehead atoms. The number of fused-ring (bicyclic) bond motifs is 8. The Kier molecular flexibility index (Phi) is 9.68. The highest BCUT2D eigenvalue weighted by molar-refractivity contribution is 6.25. The van der Waals surface area contributed by atoms with Gasteiger partial charge in [0.25, 0.3) is 0 Å². The fourth-order valence-corrected chi connectivity index (χ4v) is 12.4. The molecule has 0 unspecified atom stereocenters. The lowest BCUT2D eigenvalue weighted by Crippen LogP contribution is -1.92. The van der Waals surface area contributed by atoms with Crippen LogP contribution in [-0.2, 0) is 0 Å². The van der Waals surface area contributed by atoms with Crippen LogP contribution in [0.2, 0.25) is 0 Å². The maximum absolute atomic E-state index is 2.38. The summed E-state index contributed by atoms with van der Waals surface area (Å²) in [5, 5.41) is 20.0. The smallest absolute Gasteiger partial charge is 0.00201 e. The summed E-state index contributed by atoms with van der Waals surface area (Å²) in [6.45, 7) is 0. The van der Waals surface area contributed by atoms with Crippen molar-refractivity contribution in [2.45, 2.75) is 0 Å². The van der Waals surface area contributed by atoms with E-state index in [1.807, 2.05) is 0 Å². The molecule has 0 aromatic heterocycles. The second kappa shape index (κ2) is 17.0. The van der Waals surface area contributed by atoms with Crippen molar-refractivity contribution in [3.05, 3.63) is 279 Å². The molecule has 342 valence electrons. The SMILES string of the molecule is c1ccc2cc(-c3ccc(-c4c5ccccc5c(-c5cccc6cc(-c7ccc8c(-c9c%10ccccc%10c(-c%10ccc%11ccccc%11c%10)c%10ccccc9%10)cccc8c7)ccc56)c5ccccc45)cc3)ccc2c1. The van der Waals surface area contributed by atoms with Gasteiger partial charge in [0.15, 0.2) is 0 Å². The first kappa shape index (κ1) is 42.1. The van der Waals surface area contributed by atoms with Gasteiger partial charge in [-0.3, -0.25) is 0 Å². The first-order valence-electron chi connectivity index (χ1n) is 25.7. The quantitative estimate of drug-likeness (QED) is 0.146. The summed E-state index contributed by atoms with van der Waals surface area (Å²) in [7, 11) is 0. The summed E-state index contributed by atoms with van der Waals surface area (Å²) < 4.78 is 0. The summed E-state index contributed by atoms with van der Waals surface area (Å²) in [5.41, 5.74) is 14.9. The first-order valence-corrected chi connectivity index (χ1v) is 25.7. The van der Waals surface area contributed by atoms with Crippen molar-refractivity contribution in [3.8, 4) is 66.8 Å². The Morgan fingerprint density at radius 1 is 0.135 bits per heavy atom. The Labute approximate surface area is 429 Å². The lowest BCUT2D eigenvalue weighted by Gasteiger charge is -2.19. The van der Waals surface area contributed by atoms with Gasteiger partial charge in [0, 0.05) is 0 Å². The van der Waals surface area contributed by atoms with Crippen LogP contribution in [0.5, 0.6) is 0 Å². The van der Waals surface area contributed by atoms with Crippen LogP contribution in [0.3, 0.4) is 0 Å². The zero-order chi connectivity index (χ0) is 48.7. The highest BCUT2D eigenvalue weighted by Gasteiger charge is 2.21. The Balaban J connectivity index is 0.827. The molecule has 0 aliphatic carbocycles. The van der Waals surface area contributed by atoms with Crippen LogP contribution in [0.15, 0.2) is 279 Å². The Morgan fingerprint density at radius 3 is 0.865 bits per heavy atom.